The van der Waals surface area contributed by atoms with Crippen LogP contribution in [0, 0.1) is 0 Å². The Hall–Kier alpha value is -4.11. The summed E-state index contributed by atoms with van der Waals surface area (Å²) in [5, 5.41) is 13.4. The third-order valence-electron chi connectivity index (χ3n) is 6.32. The molecule has 1 N–H and O–H groups in total. The number of benzene rings is 2. The number of fused-ring (bicyclic) bond motifs is 1. The van der Waals surface area contributed by atoms with E-state index in [2.05, 4.69) is 5.16 Å². The highest BCUT2D eigenvalue weighted by molar-refractivity contribution is 6.03. The summed E-state index contributed by atoms with van der Waals surface area (Å²) in [5.41, 5.74) is 3.24. The van der Waals surface area contributed by atoms with Gasteiger partial charge in [-0.2, -0.15) is 0 Å². The molecule has 0 spiro atoms. The van der Waals surface area contributed by atoms with E-state index in [0.29, 0.717) is 30.3 Å². The molecule has 1 aliphatic heterocycles. The smallest absolute Gasteiger partial charge is 0.333 e. The highest BCUT2D eigenvalue weighted by Gasteiger charge is 2.32. The lowest BCUT2D eigenvalue weighted by Gasteiger charge is -2.33. The number of ether oxygens (including phenoxy) is 3. The largest absolute Gasteiger partial charge is 0.492 e. The summed E-state index contributed by atoms with van der Waals surface area (Å²) < 4.78 is 17.1. The first kappa shape index (κ1) is 26.9. The normalized spacial score (nSPS) is 20.1. The van der Waals surface area contributed by atoms with E-state index in [1.54, 1.807) is 30.9 Å². The zero-order chi connectivity index (χ0) is 27.1. The Bertz CT molecular complexity index is 1240. The number of carboxylic acids is 1. The molecule has 0 bridgehead atoms. The van der Waals surface area contributed by atoms with Gasteiger partial charge < -0.3 is 29.1 Å². The summed E-state index contributed by atoms with van der Waals surface area (Å²) in [5.74, 6) is 0.0134. The second kappa shape index (κ2) is 12.4. The fourth-order valence-electron chi connectivity index (χ4n) is 4.46. The number of hydrogen-bond donors (Lipinski definition) is 1. The number of carbonyl (C=O) groups is 2. The van der Waals surface area contributed by atoms with Crippen LogP contribution in [0.4, 0.5) is 5.69 Å². The zero-order valence-electron chi connectivity index (χ0n) is 21.7. The maximum absolute atomic E-state index is 13.1. The van der Waals surface area contributed by atoms with Gasteiger partial charge in [-0.1, -0.05) is 41.6 Å². The molecule has 0 radical (unpaired) electrons. The maximum Gasteiger partial charge on any atom is 0.333 e. The maximum atomic E-state index is 13.1. The molecule has 0 fully saturated rings. The van der Waals surface area contributed by atoms with Crippen molar-refractivity contribution < 1.29 is 33.7 Å². The first-order valence-electron chi connectivity index (χ1n) is 12.5. The minimum atomic E-state index is -0.988. The highest BCUT2D eigenvalue weighted by Crippen LogP contribution is 2.37. The molecule has 0 saturated heterocycles. The molecule has 38 heavy (non-hydrogen) atoms. The molecule has 1 heterocycles. The predicted molar refractivity (Wildman–Crippen MR) is 143 cm³/mol. The second-order valence-corrected chi connectivity index (χ2v) is 8.88. The molecule has 0 aromatic heterocycles. The van der Waals surface area contributed by atoms with Crippen LogP contribution in [0.2, 0.25) is 0 Å². The van der Waals surface area contributed by atoms with Crippen molar-refractivity contribution in [1.82, 2.24) is 0 Å². The summed E-state index contributed by atoms with van der Waals surface area (Å²) in [6, 6.07) is 13.0. The van der Waals surface area contributed by atoms with E-state index in [-0.39, 0.29) is 24.9 Å². The standard InChI is InChI=1S/C29H32N2O7/c1-4-36-27(29(33)34)17-20-9-12-22(13-10-20)37-16-15-31-25-18-21(11-14-26(25)38-19(2)28(31)32)23-7-5-6-8-24(23)30-35-3/h5-14,18-19,23,27H,4,15-17H2,1-3H3,(H,33,34). The fraction of sp³-hybridized carbons (Fsp3) is 0.345. The molecule has 9 nitrogen and oxygen atoms in total. The summed E-state index contributed by atoms with van der Waals surface area (Å²) >= 11 is 0. The molecule has 1 amide bonds. The Morgan fingerprint density at radius 2 is 1.97 bits per heavy atom. The fourth-order valence-corrected chi connectivity index (χ4v) is 4.46. The molecular formula is C29H32N2O7. The van der Waals surface area contributed by atoms with Crippen molar-refractivity contribution in [2.75, 3.05) is 31.8 Å². The molecule has 3 unspecified atom stereocenters. The lowest BCUT2D eigenvalue weighted by molar-refractivity contribution is -0.149. The Morgan fingerprint density at radius 1 is 1.18 bits per heavy atom. The van der Waals surface area contributed by atoms with Gasteiger partial charge in [0.15, 0.2) is 12.2 Å². The van der Waals surface area contributed by atoms with Crippen molar-refractivity contribution in [3.63, 3.8) is 0 Å². The molecule has 9 heteroatoms. The quantitative estimate of drug-likeness (QED) is 0.444. The Morgan fingerprint density at radius 3 is 2.68 bits per heavy atom. The van der Waals surface area contributed by atoms with E-state index in [1.807, 2.05) is 54.6 Å². The summed E-state index contributed by atoms with van der Waals surface area (Å²) in [6.07, 6.45) is 6.56. The molecule has 200 valence electrons. The van der Waals surface area contributed by atoms with E-state index < -0.39 is 18.2 Å². The number of carboxylic acid groups (broad SMARTS) is 1. The van der Waals surface area contributed by atoms with Crippen molar-refractivity contribution in [2.45, 2.75) is 38.4 Å². The van der Waals surface area contributed by atoms with Gasteiger partial charge >= 0.3 is 5.97 Å². The van der Waals surface area contributed by atoms with Gasteiger partial charge in [-0.25, -0.2) is 4.79 Å². The SMILES string of the molecule is CCOC(Cc1ccc(OCCN2C(=O)C(C)Oc3ccc(C4C=CC=CC4=NOC)cc32)cc1)C(=O)O. The van der Waals surface area contributed by atoms with Crippen molar-refractivity contribution in [3.8, 4) is 11.5 Å². The Labute approximate surface area is 221 Å². The number of rotatable bonds is 11. The van der Waals surface area contributed by atoms with Gasteiger partial charge in [-0.15, -0.1) is 0 Å². The van der Waals surface area contributed by atoms with Gasteiger partial charge in [0.2, 0.25) is 0 Å². The van der Waals surface area contributed by atoms with Crippen LogP contribution in [0.1, 0.15) is 30.9 Å². The Balaban J connectivity index is 1.45. The monoisotopic (exact) mass is 520 g/mol. The first-order valence-corrected chi connectivity index (χ1v) is 12.5. The number of amides is 1. The van der Waals surface area contributed by atoms with Gasteiger partial charge in [0.25, 0.3) is 5.91 Å². The molecule has 3 atom stereocenters. The number of aliphatic carboxylic acids is 1. The van der Waals surface area contributed by atoms with Crippen LogP contribution in [-0.4, -0.2) is 61.8 Å². The molecular weight excluding hydrogens is 488 g/mol. The average Bonchev–Trinajstić information content (AvgIpc) is 2.92. The highest BCUT2D eigenvalue weighted by atomic mass is 16.6. The van der Waals surface area contributed by atoms with Crippen LogP contribution in [-0.2, 0) is 25.6 Å². The zero-order valence-corrected chi connectivity index (χ0v) is 21.7. The van der Waals surface area contributed by atoms with Crippen LogP contribution < -0.4 is 14.4 Å². The van der Waals surface area contributed by atoms with Crippen LogP contribution in [0.3, 0.4) is 0 Å². The van der Waals surface area contributed by atoms with E-state index in [0.717, 1.165) is 16.8 Å². The van der Waals surface area contributed by atoms with E-state index in [1.165, 1.54) is 7.11 Å². The van der Waals surface area contributed by atoms with Crippen molar-refractivity contribution in [3.05, 3.63) is 77.9 Å². The number of oxime groups is 1. The Kier molecular flexibility index (Phi) is 8.81. The van der Waals surface area contributed by atoms with Crippen molar-refractivity contribution in [1.29, 1.82) is 0 Å². The predicted octanol–water partition coefficient (Wildman–Crippen LogP) is 4.12. The van der Waals surface area contributed by atoms with Crippen LogP contribution in [0.25, 0.3) is 0 Å². The molecule has 0 saturated carbocycles. The lowest BCUT2D eigenvalue weighted by Crippen LogP contribution is -2.46. The van der Waals surface area contributed by atoms with Crippen LogP contribution >= 0.6 is 0 Å². The van der Waals surface area contributed by atoms with E-state index >= 15 is 0 Å². The third-order valence-corrected chi connectivity index (χ3v) is 6.32. The number of nitrogens with zero attached hydrogens (tertiary/aromatic N) is 2. The van der Waals surface area contributed by atoms with Crippen molar-refractivity contribution in [2.24, 2.45) is 5.16 Å². The average molecular weight is 521 g/mol. The third kappa shape index (κ3) is 6.23. The number of hydrogen-bond acceptors (Lipinski definition) is 7. The number of anilines is 1. The number of carbonyl (C=O) groups excluding carboxylic acids is 1. The topological polar surface area (TPSA) is 107 Å². The molecule has 2 aromatic carbocycles. The minimum absolute atomic E-state index is 0.111. The number of allylic oxidation sites excluding steroid dienone is 4. The summed E-state index contributed by atoms with van der Waals surface area (Å²) in [6.45, 7) is 4.42. The first-order chi connectivity index (χ1) is 18.4. The van der Waals surface area contributed by atoms with Gasteiger partial charge in [-0.05, 0) is 55.3 Å². The molecule has 1 aliphatic carbocycles. The summed E-state index contributed by atoms with van der Waals surface area (Å²) in [7, 11) is 1.51. The van der Waals surface area contributed by atoms with Gasteiger partial charge in [-0.3, -0.25) is 4.79 Å². The molecule has 2 aliphatic rings. The van der Waals surface area contributed by atoms with E-state index in [4.69, 9.17) is 19.0 Å². The van der Waals surface area contributed by atoms with Crippen LogP contribution in [0.15, 0.2) is 71.9 Å². The lowest BCUT2D eigenvalue weighted by atomic mass is 9.90. The van der Waals surface area contributed by atoms with E-state index in [9.17, 15) is 14.7 Å². The second-order valence-electron chi connectivity index (χ2n) is 8.88. The molecule has 4 rings (SSSR count). The van der Waals surface area contributed by atoms with Crippen molar-refractivity contribution >= 4 is 23.3 Å². The van der Waals surface area contributed by atoms with Gasteiger partial charge in [0.1, 0.15) is 25.2 Å². The molecule has 2 aromatic rings. The summed E-state index contributed by atoms with van der Waals surface area (Å²) in [4.78, 5) is 31.1. The van der Waals surface area contributed by atoms with Gasteiger partial charge in [0, 0.05) is 18.9 Å². The van der Waals surface area contributed by atoms with Crippen LogP contribution in [0.5, 0.6) is 11.5 Å². The minimum Gasteiger partial charge on any atom is -0.492 e. The van der Waals surface area contributed by atoms with Gasteiger partial charge in [0.05, 0.1) is 17.9 Å².